The van der Waals surface area contributed by atoms with Crippen LogP contribution in [0.2, 0.25) is 0 Å². The molecule has 2 rings (SSSR count). The molecule has 0 bridgehead atoms. The summed E-state index contributed by atoms with van der Waals surface area (Å²) < 4.78 is 32.0. The van der Waals surface area contributed by atoms with Crippen LogP contribution in [0.3, 0.4) is 0 Å². The van der Waals surface area contributed by atoms with E-state index in [-0.39, 0.29) is 13.0 Å². The summed E-state index contributed by atoms with van der Waals surface area (Å²) in [5, 5.41) is 8.70. The van der Waals surface area contributed by atoms with Crippen LogP contribution in [-0.4, -0.2) is 36.6 Å². The van der Waals surface area contributed by atoms with E-state index < -0.39 is 46.6 Å². The summed E-state index contributed by atoms with van der Waals surface area (Å²) in [6, 6.07) is 1.87. The van der Waals surface area contributed by atoms with Crippen LogP contribution in [0.15, 0.2) is 12.1 Å². The number of aromatic carboxylic acids is 1. The number of halogens is 2. The Balaban J connectivity index is 2.35. The SMILES string of the molecule is COC(=O)C1CC(=O)N(c2ccc(C(=O)O)c(F)c2F)C1. The van der Waals surface area contributed by atoms with Crippen LogP contribution < -0.4 is 4.90 Å². The molecule has 8 heteroatoms. The largest absolute Gasteiger partial charge is 0.478 e. The Kier molecular flexibility index (Phi) is 3.88. The molecule has 1 N–H and O–H groups in total. The Morgan fingerprint density at radius 2 is 2.00 bits per heavy atom. The van der Waals surface area contributed by atoms with Crippen molar-refractivity contribution < 1.29 is 33.0 Å². The molecule has 0 radical (unpaired) electrons. The van der Waals surface area contributed by atoms with Gasteiger partial charge in [0.25, 0.3) is 0 Å². The van der Waals surface area contributed by atoms with Crippen molar-refractivity contribution in [3.63, 3.8) is 0 Å². The van der Waals surface area contributed by atoms with Crippen LogP contribution >= 0.6 is 0 Å². The van der Waals surface area contributed by atoms with E-state index in [0.717, 1.165) is 24.1 Å². The second-order valence-electron chi connectivity index (χ2n) is 4.49. The fourth-order valence-electron chi connectivity index (χ4n) is 2.18. The van der Waals surface area contributed by atoms with Crippen LogP contribution in [0.1, 0.15) is 16.8 Å². The van der Waals surface area contributed by atoms with E-state index in [4.69, 9.17) is 5.11 Å². The van der Waals surface area contributed by atoms with Gasteiger partial charge in [-0.25, -0.2) is 13.6 Å². The summed E-state index contributed by atoms with van der Waals surface area (Å²) in [5.41, 5.74) is -1.22. The van der Waals surface area contributed by atoms with Gasteiger partial charge in [-0.1, -0.05) is 0 Å². The lowest BCUT2D eigenvalue weighted by molar-refractivity contribution is -0.145. The number of carboxylic acid groups (broad SMARTS) is 1. The van der Waals surface area contributed by atoms with E-state index in [1.54, 1.807) is 0 Å². The second kappa shape index (κ2) is 5.47. The number of ether oxygens (including phenoxy) is 1. The summed E-state index contributed by atoms with van der Waals surface area (Å²) >= 11 is 0. The highest BCUT2D eigenvalue weighted by atomic mass is 19.2. The van der Waals surface area contributed by atoms with E-state index in [1.165, 1.54) is 0 Å². The molecule has 0 aromatic heterocycles. The van der Waals surface area contributed by atoms with Gasteiger partial charge in [-0.3, -0.25) is 9.59 Å². The van der Waals surface area contributed by atoms with E-state index in [9.17, 15) is 23.2 Å². The maximum absolute atomic E-state index is 13.9. The van der Waals surface area contributed by atoms with E-state index >= 15 is 0 Å². The molecule has 1 saturated heterocycles. The van der Waals surface area contributed by atoms with Gasteiger partial charge in [0.1, 0.15) is 0 Å². The Bertz CT molecular complexity index is 631. The van der Waals surface area contributed by atoms with Gasteiger partial charge >= 0.3 is 11.9 Å². The van der Waals surface area contributed by atoms with Crippen LogP contribution in [-0.2, 0) is 14.3 Å². The van der Waals surface area contributed by atoms with Crippen molar-refractivity contribution >= 4 is 23.5 Å². The minimum Gasteiger partial charge on any atom is -0.478 e. The Morgan fingerprint density at radius 3 is 2.57 bits per heavy atom. The lowest BCUT2D eigenvalue weighted by atomic mass is 10.1. The first kappa shape index (κ1) is 14.9. The van der Waals surface area contributed by atoms with Crippen LogP contribution in [0.4, 0.5) is 14.5 Å². The number of anilines is 1. The molecule has 0 aliphatic carbocycles. The molecule has 1 aliphatic heterocycles. The molecule has 1 amide bonds. The molecule has 1 atom stereocenters. The van der Waals surface area contributed by atoms with E-state index in [2.05, 4.69) is 4.74 Å². The first-order valence-corrected chi connectivity index (χ1v) is 5.96. The first-order chi connectivity index (χ1) is 9.86. The van der Waals surface area contributed by atoms with Gasteiger partial charge < -0.3 is 14.7 Å². The lowest BCUT2D eigenvalue weighted by Gasteiger charge is -2.17. The minimum atomic E-state index is -1.61. The minimum absolute atomic E-state index is 0.145. The molecule has 1 aromatic carbocycles. The number of amides is 1. The zero-order valence-electron chi connectivity index (χ0n) is 10.9. The summed E-state index contributed by atoms with van der Waals surface area (Å²) in [6.07, 6.45) is -0.172. The molecule has 112 valence electrons. The van der Waals surface area contributed by atoms with Crippen molar-refractivity contribution in [3.05, 3.63) is 29.3 Å². The van der Waals surface area contributed by atoms with Gasteiger partial charge in [0.2, 0.25) is 5.91 Å². The number of carbonyl (C=O) groups is 3. The van der Waals surface area contributed by atoms with Gasteiger partial charge in [-0.15, -0.1) is 0 Å². The zero-order valence-corrected chi connectivity index (χ0v) is 10.9. The molecule has 1 fully saturated rings. The van der Waals surface area contributed by atoms with Gasteiger partial charge in [0.05, 0.1) is 24.3 Å². The molecule has 21 heavy (non-hydrogen) atoms. The van der Waals surface area contributed by atoms with E-state index in [1.807, 2.05) is 0 Å². The van der Waals surface area contributed by atoms with Crippen molar-refractivity contribution in [2.45, 2.75) is 6.42 Å². The third-order valence-electron chi connectivity index (χ3n) is 3.24. The van der Waals surface area contributed by atoms with Crippen molar-refractivity contribution in [2.24, 2.45) is 5.92 Å². The number of methoxy groups -OCH3 is 1. The first-order valence-electron chi connectivity index (χ1n) is 5.96. The molecular formula is C13H11F2NO5. The summed E-state index contributed by atoms with van der Waals surface area (Å²) in [6.45, 7) is -0.145. The second-order valence-corrected chi connectivity index (χ2v) is 4.49. The molecule has 1 aliphatic rings. The molecule has 0 saturated carbocycles. The fraction of sp³-hybridized carbons (Fsp3) is 0.308. The predicted molar refractivity (Wildman–Crippen MR) is 65.8 cm³/mol. The highest BCUT2D eigenvalue weighted by Gasteiger charge is 2.37. The van der Waals surface area contributed by atoms with Gasteiger partial charge in [0.15, 0.2) is 11.6 Å². The molecule has 1 unspecified atom stereocenters. The fourth-order valence-corrected chi connectivity index (χ4v) is 2.18. The van der Waals surface area contributed by atoms with Crippen molar-refractivity contribution in [2.75, 3.05) is 18.6 Å². The number of esters is 1. The predicted octanol–water partition coefficient (Wildman–Crippen LogP) is 1.19. The molecule has 0 spiro atoms. The monoisotopic (exact) mass is 299 g/mol. The number of benzene rings is 1. The number of carboxylic acids is 1. The van der Waals surface area contributed by atoms with Crippen LogP contribution in [0, 0.1) is 17.6 Å². The average molecular weight is 299 g/mol. The summed E-state index contributed by atoms with van der Waals surface area (Å²) in [7, 11) is 1.16. The topological polar surface area (TPSA) is 83.9 Å². The van der Waals surface area contributed by atoms with Crippen molar-refractivity contribution in [1.82, 2.24) is 0 Å². The van der Waals surface area contributed by atoms with Crippen molar-refractivity contribution in [1.29, 1.82) is 0 Å². The molecular weight excluding hydrogens is 288 g/mol. The van der Waals surface area contributed by atoms with Gasteiger partial charge in [-0.05, 0) is 12.1 Å². The Labute approximate surface area is 117 Å². The number of hydrogen-bond donors (Lipinski definition) is 1. The summed E-state index contributed by atoms with van der Waals surface area (Å²) in [4.78, 5) is 34.8. The number of hydrogen-bond acceptors (Lipinski definition) is 4. The number of nitrogens with zero attached hydrogens (tertiary/aromatic N) is 1. The zero-order chi connectivity index (χ0) is 15.7. The maximum Gasteiger partial charge on any atom is 0.338 e. The molecule has 1 heterocycles. The normalized spacial score (nSPS) is 18.0. The highest BCUT2D eigenvalue weighted by Crippen LogP contribution is 2.30. The molecule has 1 aromatic rings. The lowest BCUT2D eigenvalue weighted by Crippen LogP contribution is -2.27. The van der Waals surface area contributed by atoms with Gasteiger partial charge in [-0.2, -0.15) is 0 Å². The van der Waals surface area contributed by atoms with Crippen LogP contribution in [0.25, 0.3) is 0 Å². The smallest absolute Gasteiger partial charge is 0.338 e. The van der Waals surface area contributed by atoms with Gasteiger partial charge in [0, 0.05) is 13.0 Å². The van der Waals surface area contributed by atoms with E-state index in [0.29, 0.717) is 0 Å². The number of carbonyl (C=O) groups excluding carboxylic acids is 2. The molecule has 6 nitrogen and oxygen atoms in total. The Hall–Kier alpha value is -2.51. The highest BCUT2D eigenvalue weighted by molar-refractivity contribution is 6.00. The standard InChI is InChI=1S/C13H11F2NO5/c1-21-13(20)6-4-9(17)16(5-6)8-3-2-7(12(18)19)10(14)11(8)15/h2-3,6H,4-5H2,1H3,(H,18,19). The number of rotatable bonds is 3. The average Bonchev–Trinajstić information content (AvgIpc) is 2.82. The maximum atomic E-state index is 13.9. The third-order valence-corrected chi connectivity index (χ3v) is 3.24. The van der Waals surface area contributed by atoms with Crippen molar-refractivity contribution in [3.8, 4) is 0 Å². The third kappa shape index (κ3) is 2.56. The summed E-state index contributed by atoms with van der Waals surface area (Å²) in [5.74, 6) is -6.54. The van der Waals surface area contributed by atoms with Crippen LogP contribution in [0.5, 0.6) is 0 Å². The quantitative estimate of drug-likeness (QED) is 0.848. The Morgan fingerprint density at radius 1 is 1.33 bits per heavy atom.